The fourth-order valence-corrected chi connectivity index (χ4v) is 2.93. The van der Waals surface area contributed by atoms with E-state index in [1.54, 1.807) is 13.0 Å². The molecule has 1 aromatic rings. The predicted molar refractivity (Wildman–Crippen MR) is 83.8 cm³/mol. The zero-order valence-corrected chi connectivity index (χ0v) is 13.5. The van der Waals surface area contributed by atoms with Crippen LogP contribution < -0.4 is 11.1 Å². The van der Waals surface area contributed by atoms with E-state index in [1.807, 2.05) is 4.90 Å². The first-order valence-corrected chi connectivity index (χ1v) is 8.33. The maximum Gasteiger partial charge on any atom is 0.273 e. The quantitative estimate of drug-likeness (QED) is 0.838. The second-order valence-electron chi connectivity index (χ2n) is 6.66. The molecule has 1 saturated heterocycles. The van der Waals surface area contributed by atoms with Crippen molar-refractivity contribution < 1.29 is 14.1 Å². The molecular formula is C16H24N4O3. The number of nitrogens with zero attached hydrogens (tertiary/aromatic N) is 2. The van der Waals surface area contributed by atoms with Gasteiger partial charge in [0.05, 0.1) is 6.04 Å². The Morgan fingerprint density at radius 2 is 2.09 bits per heavy atom. The SMILES string of the molecule is C[C@@H](N)C(=O)N1CCC(CNC(=O)c2cc(C3CC3)on2)CC1. The topological polar surface area (TPSA) is 101 Å². The normalized spacial score (nSPS) is 20.3. The molecule has 0 radical (unpaired) electrons. The summed E-state index contributed by atoms with van der Waals surface area (Å²) in [5, 5.41) is 6.76. The number of hydrogen-bond donors (Lipinski definition) is 2. The van der Waals surface area contributed by atoms with E-state index in [-0.39, 0.29) is 11.8 Å². The minimum atomic E-state index is -0.445. The van der Waals surface area contributed by atoms with E-state index in [9.17, 15) is 9.59 Å². The number of hydrogen-bond acceptors (Lipinski definition) is 5. The highest BCUT2D eigenvalue weighted by Gasteiger charge is 2.29. The fourth-order valence-electron chi connectivity index (χ4n) is 2.93. The summed E-state index contributed by atoms with van der Waals surface area (Å²) in [5.74, 6) is 1.47. The molecule has 0 aromatic carbocycles. The molecule has 23 heavy (non-hydrogen) atoms. The summed E-state index contributed by atoms with van der Waals surface area (Å²) in [4.78, 5) is 25.7. The van der Waals surface area contributed by atoms with Crippen LogP contribution in [0.4, 0.5) is 0 Å². The van der Waals surface area contributed by atoms with Gasteiger partial charge in [-0.15, -0.1) is 0 Å². The van der Waals surface area contributed by atoms with Crippen LogP contribution in [0.1, 0.15) is 54.8 Å². The summed E-state index contributed by atoms with van der Waals surface area (Å²) in [6.07, 6.45) is 4.00. The summed E-state index contributed by atoms with van der Waals surface area (Å²) < 4.78 is 5.20. The smallest absolute Gasteiger partial charge is 0.273 e. The second kappa shape index (κ2) is 6.70. The van der Waals surface area contributed by atoms with Crippen LogP contribution in [-0.4, -0.2) is 47.5 Å². The van der Waals surface area contributed by atoms with Gasteiger partial charge in [0, 0.05) is 31.6 Å². The molecule has 1 aromatic heterocycles. The number of carbonyl (C=O) groups is 2. The molecule has 2 heterocycles. The molecule has 3 N–H and O–H groups in total. The third-order valence-corrected chi connectivity index (χ3v) is 4.61. The van der Waals surface area contributed by atoms with Crippen LogP contribution in [0.5, 0.6) is 0 Å². The van der Waals surface area contributed by atoms with Gasteiger partial charge in [0.15, 0.2) is 5.69 Å². The monoisotopic (exact) mass is 320 g/mol. The molecule has 1 saturated carbocycles. The predicted octanol–water partition coefficient (Wildman–Crippen LogP) is 0.868. The molecule has 1 atom stereocenters. The van der Waals surface area contributed by atoms with Gasteiger partial charge in [-0.25, -0.2) is 0 Å². The van der Waals surface area contributed by atoms with Crippen molar-refractivity contribution in [1.82, 2.24) is 15.4 Å². The number of nitrogens with one attached hydrogen (secondary N) is 1. The standard InChI is InChI=1S/C16H24N4O3/c1-10(17)16(22)20-6-4-11(5-7-20)9-18-15(21)13-8-14(23-19-13)12-2-3-12/h8,10-12H,2-7,9,17H2,1H3,(H,18,21)/t10-/m1/s1. The molecule has 0 spiro atoms. The Morgan fingerprint density at radius 3 is 2.70 bits per heavy atom. The molecule has 0 unspecified atom stereocenters. The Labute approximate surface area is 135 Å². The lowest BCUT2D eigenvalue weighted by Crippen LogP contribution is -2.47. The van der Waals surface area contributed by atoms with Crippen molar-refractivity contribution in [3.8, 4) is 0 Å². The van der Waals surface area contributed by atoms with Crippen LogP contribution in [0, 0.1) is 5.92 Å². The van der Waals surface area contributed by atoms with E-state index in [1.165, 1.54) is 0 Å². The molecule has 1 aliphatic carbocycles. The lowest BCUT2D eigenvalue weighted by molar-refractivity contribution is -0.133. The first-order valence-electron chi connectivity index (χ1n) is 8.33. The lowest BCUT2D eigenvalue weighted by atomic mass is 9.96. The highest BCUT2D eigenvalue weighted by Crippen LogP contribution is 2.40. The van der Waals surface area contributed by atoms with Crippen molar-refractivity contribution in [1.29, 1.82) is 0 Å². The minimum Gasteiger partial charge on any atom is -0.360 e. The van der Waals surface area contributed by atoms with Crippen LogP contribution in [0.15, 0.2) is 10.6 Å². The van der Waals surface area contributed by atoms with Gasteiger partial charge in [-0.2, -0.15) is 0 Å². The number of carbonyl (C=O) groups excluding carboxylic acids is 2. The van der Waals surface area contributed by atoms with E-state index in [0.717, 1.165) is 31.4 Å². The Kier molecular flexibility index (Phi) is 4.66. The van der Waals surface area contributed by atoms with Crippen LogP contribution in [0.25, 0.3) is 0 Å². The highest BCUT2D eigenvalue weighted by atomic mass is 16.5. The molecule has 2 amide bonds. The number of likely N-dealkylation sites (tertiary alicyclic amines) is 1. The van der Waals surface area contributed by atoms with E-state index >= 15 is 0 Å². The average molecular weight is 320 g/mol. The Morgan fingerprint density at radius 1 is 1.39 bits per heavy atom. The van der Waals surface area contributed by atoms with Gasteiger partial charge in [0.2, 0.25) is 5.91 Å². The largest absolute Gasteiger partial charge is 0.360 e. The molecule has 2 aliphatic rings. The first-order chi connectivity index (χ1) is 11.0. The van der Waals surface area contributed by atoms with Crippen molar-refractivity contribution in [2.75, 3.05) is 19.6 Å². The molecule has 3 rings (SSSR count). The zero-order valence-electron chi connectivity index (χ0n) is 13.5. The van der Waals surface area contributed by atoms with Crippen molar-refractivity contribution in [2.24, 2.45) is 11.7 Å². The number of nitrogens with two attached hydrogens (primary N) is 1. The summed E-state index contributed by atoms with van der Waals surface area (Å²) in [5.41, 5.74) is 5.99. The number of amides is 2. The first kappa shape index (κ1) is 16.0. The number of aromatic nitrogens is 1. The molecule has 1 aliphatic heterocycles. The maximum atomic E-state index is 12.1. The Balaban J connectivity index is 1.42. The van der Waals surface area contributed by atoms with Gasteiger partial charge in [-0.05, 0) is 38.5 Å². The zero-order chi connectivity index (χ0) is 16.4. The van der Waals surface area contributed by atoms with Gasteiger partial charge in [-0.1, -0.05) is 5.16 Å². The molecule has 7 heteroatoms. The van der Waals surface area contributed by atoms with Crippen molar-refractivity contribution >= 4 is 11.8 Å². The third-order valence-electron chi connectivity index (χ3n) is 4.61. The van der Waals surface area contributed by atoms with E-state index in [4.69, 9.17) is 10.3 Å². The summed E-state index contributed by atoms with van der Waals surface area (Å²) in [6, 6.07) is 1.30. The lowest BCUT2D eigenvalue weighted by Gasteiger charge is -2.33. The van der Waals surface area contributed by atoms with Gasteiger partial charge in [0.25, 0.3) is 5.91 Å². The van der Waals surface area contributed by atoms with Crippen molar-refractivity contribution in [3.05, 3.63) is 17.5 Å². The van der Waals surface area contributed by atoms with E-state index in [2.05, 4.69) is 10.5 Å². The van der Waals surface area contributed by atoms with Gasteiger partial charge >= 0.3 is 0 Å². The highest BCUT2D eigenvalue weighted by molar-refractivity contribution is 5.92. The average Bonchev–Trinajstić information content (AvgIpc) is 3.29. The van der Waals surface area contributed by atoms with E-state index < -0.39 is 6.04 Å². The molecule has 2 fully saturated rings. The molecule has 7 nitrogen and oxygen atoms in total. The number of piperidine rings is 1. The molecule has 126 valence electrons. The maximum absolute atomic E-state index is 12.1. The van der Waals surface area contributed by atoms with Crippen LogP contribution in [0.2, 0.25) is 0 Å². The Hall–Kier alpha value is -1.89. The third kappa shape index (κ3) is 3.90. The molecular weight excluding hydrogens is 296 g/mol. The second-order valence-corrected chi connectivity index (χ2v) is 6.66. The van der Waals surface area contributed by atoms with Gasteiger partial charge in [-0.3, -0.25) is 9.59 Å². The fraction of sp³-hybridized carbons (Fsp3) is 0.688. The summed E-state index contributed by atoms with van der Waals surface area (Å²) >= 11 is 0. The van der Waals surface area contributed by atoms with Gasteiger partial charge in [0.1, 0.15) is 5.76 Å². The van der Waals surface area contributed by atoms with E-state index in [0.29, 0.717) is 37.2 Å². The van der Waals surface area contributed by atoms with Crippen molar-refractivity contribution in [3.63, 3.8) is 0 Å². The number of rotatable bonds is 5. The summed E-state index contributed by atoms with van der Waals surface area (Å²) in [6.45, 7) is 3.72. The van der Waals surface area contributed by atoms with Crippen molar-refractivity contribution in [2.45, 2.75) is 44.6 Å². The summed E-state index contributed by atoms with van der Waals surface area (Å²) in [7, 11) is 0. The molecule has 0 bridgehead atoms. The van der Waals surface area contributed by atoms with Crippen LogP contribution in [0.3, 0.4) is 0 Å². The van der Waals surface area contributed by atoms with Crippen LogP contribution in [-0.2, 0) is 4.79 Å². The van der Waals surface area contributed by atoms with Gasteiger partial charge < -0.3 is 20.5 Å². The van der Waals surface area contributed by atoms with Crippen LogP contribution >= 0.6 is 0 Å². The Bertz CT molecular complexity index is 572. The minimum absolute atomic E-state index is 0.00249.